The molecule has 1 aromatic rings. The number of alkyl carbamates (subject to hydrolysis) is 1. The first-order valence-corrected chi connectivity index (χ1v) is 8.38. The third-order valence-electron chi connectivity index (χ3n) is 4.18. The first-order chi connectivity index (χ1) is 12.0. The van der Waals surface area contributed by atoms with Crippen LogP contribution in [0.5, 0.6) is 0 Å². The Kier molecular flexibility index (Phi) is 6.80. The Hall–Kier alpha value is -2.57. The molecule has 1 saturated heterocycles. The van der Waals surface area contributed by atoms with E-state index >= 15 is 0 Å². The van der Waals surface area contributed by atoms with Crippen molar-refractivity contribution in [3.63, 3.8) is 0 Å². The molecule has 0 spiro atoms. The topological polar surface area (TPSA) is 84.9 Å². The lowest BCUT2D eigenvalue weighted by atomic mass is 10.0. The summed E-state index contributed by atoms with van der Waals surface area (Å²) in [6.07, 6.45) is 1.59. The number of nitrogens with zero attached hydrogens (tertiary/aromatic N) is 1. The smallest absolute Gasteiger partial charge is 0.408 e. The van der Waals surface area contributed by atoms with Gasteiger partial charge in [-0.1, -0.05) is 30.3 Å². The number of hydrogen-bond acceptors (Lipinski definition) is 5. The number of benzene rings is 1. The number of hydrogen-bond donors (Lipinski definition) is 1. The minimum absolute atomic E-state index is 0.127. The second-order valence-corrected chi connectivity index (χ2v) is 5.99. The molecule has 0 bridgehead atoms. The molecule has 2 amide bonds. The van der Waals surface area contributed by atoms with Crippen LogP contribution in [0.25, 0.3) is 0 Å². The highest BCUT2D eigenvalue weighted by Crippen LogP contribution is 2.19. The molecule has 0 unspecified atom stereocenters. The lowest BCUT2D eigenvalue weighted by Gasteiger charge is -2.35. The van der Waals surface area contributed by atoms with E-state index in [1.54, 1.807) is 6.92 Å². The Labute approximate surface area is 147 Å². The second-order valence-electron chi connectivity index (χ2n) is 5.99. The third-order valence-corrected chi connectivity index (χ3v) is 4.18. The molecule has 0 aromatic heterocycles. The van der Waals surface area contributed by atoms with E-state index in [4.69, 9.17) is 9.47 Å². The fourth-order valence-corrected chi connectivity index (χ4v) is 2.83. The zero-order valence-corrected chi connectivity index (χ0v) is 14.6. The summed E-state index contributed by atoms with van der Waals surface area (Å²) in [6.45, 7) is 2.18. The van der Waals surface area contributed by atoms with Gasteiger partial charge < -0.3 is 19.7 Å². The summed E-state index contributed by atoms with van der Waals surface area (Å²) in [7, 11) is 1.31. The summed E-state index contributed by atoms with van der Waals surface area (Å²) in [4.78, 5) is 37.8. The fraction of sp³-hybridized carbons (Fsp3) is 0.500. The number of amides is 2. The quantitative estimate of drug-likeness (QED) is 0.821. The molecule has 1 fully saturated rings. The highest BCUT2D eigenvalue weighted by molar-refractivity contribution is 5.89. The predicted octanol–water partition coefficient (Wildman–Crippen LogP) is 1.86. The van der Waals surface area contributed by atoms with E-state index in [-0.39, 0.29) is 12.5 Å². The van der Waals surface area contributed by atoms with Crippen molar-refractivity contribution in [3.05, 3.63) is 35.9 Å². The van der Waals surface area contributed by atoms with Gasteiger partial charge in [-0.25, -0.2) is 9.59 Å². The average Bonchev–Trinajstić information content (AvgIpc) is 2.66. The van der Waals surface area contributed by atoms with Gasteiger partial charge in [0.1, 0.15) is 18.7 Å². The van der Waals surface area contributed by atoms with Crippen LogP contribution in [-0.4, -0.2) is 48.6 Å². The van der Waals surface area contributed by atoms with Crippen molar-refractivity contribution in [2.45, 2.75) is 44.9 Å². The monoisotopic (exact) mass is 348 g/mol. The maximum Gasteiger partial charge on any atom is 0.408 e. The minimum atomic E-state index is -0.784. The summed E-state index contributed by atoms with van der Waals surface area (Å²) in [5.41, 5.74) is 0.860. The molecule has 1 N–H and O–H groups in total. The Balaban J connectivity index is 1.87. The molecule has 0 saturated carbocycles. The first-order valence-electron chi connectivity index (χ1n) is 8.38. The molecule has 1 aliphatic rings. The van der Waals surface area contributed by atoms with E-state index < -0.39 is 24.1 Å². The first kappa shape index (κ1) is 18.8. The number of methoxy groups -OCH3 is 1. The molecule has 7 nitrogen and oxygen atoms in total. The van der Waals surface area contributed by atoms with E-state index in [1.165, 1.54) is 12.0 Å². The lowest BCUT2D eigenvalue weighted by molar-refractivity contribution is -0.155. The number of likely N-dealkylation sites (tertiary alicyclic amines) is 1. The van der Waals surface area contributed by atoms with Crippen molar-refractivity contribution in [1.82, 2.24) is 10.2 Å². The summed E-state index contributed by atoms with van der Waals surface area (Å²) in [5, 5.41) is 2.52. The maximum absolute atomic E-state index is 12.6. The molecule has 1 aliphatic heterocycles. The summed E-state index contributed by atoms with van der Waals surface area (Å²) >= 11 is 0. The Morgan fingerprint density at radius 1 is 1.24 bits per heavy atom. The highest BCUT2D eigenvalue weighted by atomic mass is 16.5. The van der Waals surface area contributed by atoms with Crippen molar-refractivity contribution in [2.24, 2.45) is 0 Å². The van der Waals surface area contributed by atoms with Crippen molar-refractivity contribution >= 4 is 18.0 Å². The molecule has 25 heavy (non-hydrogen) atoms. The normalized spacial score (nSPS) is 18.2. The van der Waals surface area contributed by atoms with Crippen LogP contribution in [0.15, 0.2) is 30.3 Å². The fourth-order valence-electron chi connectivity index (χ4n) is 2.83. The predicted molar refractivity (Wildman–Crippen MR) is 90.6 cm³/mol. The highest BCUT2D eigenvalue weighted by Gasteiger charge is 2.35. The summed E-state index contributed by atoms with van der Waals surface area (Å²) in [5.74, 6) is -0.737. The molecule has 1 aromatic carbocycles. The van der Waals surface area contributed by atoms with Crippen LogP contribution in [0.2, 0.25) is 0 Å². The number of ether oxygens (including phenoxy) is 2. The average molecular weight is 348 g/mol. The van der Waals surface area contributed by atoms with Crippen molar-refractivity contribution in [1.29, 1.82) is 0 Å². The molecule has 1 heterocycles. The molecule has 2 rings (SSSR count). The largest absolute Gasteiger partial charge is 0.467 e. The Morgan fingerprint density at radius 3 is 2.64 bits per heavy atom. The van der Waals surface area contributed by atoms with Crippen LogP contribution < -0.4 is 5.32 Å². The van der Waals surface area contributed by atoms with Gasteiger partial charge in [0.05, 0.1) is 7.11 Å². The van der Waals surface area contributed by atoms with E-state index in [2.05, 4.69) is 5.32 Å². The van der Waals surface area contributed by atoms with Gasteiger partial charge in [-0.15, -0.1) is 0 Å². The standard InChI is InChI=1S/C18H24N2O5/c1-13(19-18(23)25-12-14-8-4-3-5-9-14)16(21)20-11-7-6-10-15(20)17(22)24-2/h3-5,8-9,13,15H,6-7,10-12H2,1-2H3,(H,19,23)/t13-,15-/m0/s1. The maximum atomic E-state index is 12.6. The minimum Gasteiger partial charge on any atom is -0.467 e. The Bertz CT molecular complexity index is 605. The van der Waals surface area contributed by atoms with Crippen molar-refractivity contribution in [3.8, 4) is 0 Å². The zero-order chi connectivity index (χ0) is 18.2. The van der Waals surface area contributed by atoms with Crippen LogP contribution >= 0.6 is 0 Å². The van der Waals surface area contributed by atoms with Gasteiger partial charge in [-0.2, -0.15) is 0 Å². The number of rotatable bonds is 5. The van der Waals surface area contributed by atoms with Gasteiger partial charge in [0.2, 0.25) is 5.91 Å². The van der Waals surface area contributed by atoms with Gasteiger partial charge >= 0.3 is 12.1 Å². The van der Waals surface area contributed by atoms with E-state index in [1.807, 2.05) is 30.3 Å². The van der Waals surface area contributed by atoms with Gasteiger partial charge in [0.15, 0.2) is 0 Å². The number of nitrogens with one attached hydrogen (secondary N) is 1. The molecule has 2 atom stereocenters. The molecule has 0 aliphatic carbocycles. The molecule has 7 heteroatoms. The number of carbonyl (C=O) groups is 3. The van der Waals surface area contributed by atoms with Gasteiger partial charge in [0, 0.05) is 6.54 Å². The van der Waals surface area contributed by atoms with Gasteiger partial charge in [-0.05, 0) is 31.7 Å². The SMILES string of the molecule is COC(=O)[C@@H]1CCCCN1C(=O)[C@H](C)NC(=O)OCc1ccccc1. The third kappa shape index (κ3) is 5.20. The van der Waals surface area contributed by atoms with E-state index in [9.17, 15) is 14.4 Å². The van der Waals surface area contributed by atoms with Crippen molar-refractivity contribution < 1.29 is 23.9 Å². The zero-order valence-electron chi connectivity index (χ0n) is 14.6. The lowest BCUT2D eigenvalue weighted by Crippen LogP contribution is -2.54. The van der Waals surface area contributed by atoms with Crippen LogP contribution in [0.3, 0.4) is 0 Å². The van der Waals surface area contributed by atoms with Gasteiger partial charge in [0.25, 0.3) is 0 Å². The summed E-state index contributed by atoms with van der Waals surface area (Å²) < 4.78 is 9.89. The van der Waals surface area contributed by atoms with E-state index in [0.29, 0.717) is 13.0 Å². The van der Waals surface area contributed by atoms with Gasteiger partial charge in [-0.3, -0.25) is 4.79 Å². The number of esters is 1. The van der Waals surface area contributed by atoms with E-state index in [0.717, 1.165) is 18.4 Å². The number of piperidine rings is 1. The second kappa shape index (κ2) is 9.05. The Morgan fingerprint density at radius 2 is 1.96 bits per heavy atom. The molecule has 136 valence electrons. The van der Waals surface area contributed by atoms with Crippen LogP contribution in [0, 0.1) is 0 Å². The summed E-state index contributed by atoms with van der Waals surface area (Å²) in [6, 6.07) is 7.90. The van der Waals surface area contributed by atoms with Crippen LogP contribution in [-0.2, 0) is 25.7 Å². The van der Waals surface area contributed by atoms with Crippen molar-refractivity contribution in [2.75, 3.05) is 13.7 Å². The number of carbonyl (C=O) groups excluding carboxylic acids is 3. The molecule has 0 radical (unpaired) electrons. The van der Waals surface area contributed by atoms with Crippen LogP contribution in [0.4, 0.5) is 4.79 Å². The van der Waals surface area contributed by atoms with Crippen LogP contribution in [0.1, 0.15) is 31.7 Å². The molecular weight excluding hydrogens is 324 g/mol. The molecular formula is C18H24N2O5.